The van der Waals surface area contributed by atoms with Crippen LogP contribution in [0, 0.1) is 11.6 Å². The molecule has 2 rings (SSSR count). The van der Waals surface area contributed by atoms with E-state index in [4.69, 9.17) is 0 Å². The Morgan fingerprint density at radius 2 is 2.22 bits per heavy atom. The minimum atomic E-state index is -0.460. The van der Waals surface area contributed by atoms with E-state index in [2.05, 4.69) is 14.1 Å². The molecule has 6 heteroatoms. The van der Waals surface area contributed by atoms with Crippen LogP contribution in [0.2, 0.25) is 0 Å². The molecule has 1 atom stereocenters. The lowest BCUT2D eigenvalue weighted by molar-refractivity contribution is 0.530. The summed E-state index contributed by atoms with van der Waals surface area (Å²) in [6, 6.07) is 2.97. The van der Waals surface area contributed by atoms with Gasteiger partial charge in [0.25, 0.3) is 0 Å². The maximum atomic E-state index is 13.8. The minimum Gasteiger partial charge on any atom is -0.305 e. The van der Waals surface area contributed by atoms with Crippen molar-refractivity contribution < 1.29 is 8.78 Å². The molecule has 0 aliphatic rings. The molecule has 0 saturated heterocycles. The molecule has 1 aromatic carbocycles. The van der Waals surface area contributed by atoms with Gasteiger partial charge in [-0.2, -0.15) is 8.75 Å². The third-order valence-corrected chi connectivity index (χ3v) is 3.03. The van der Waals surface area contributed by atoms with E-state index in [0.29, 0.717) is 12.2 Å². The number of nitrogens with zero attached hydrogens (tertiary/aromatic N) is 2. The van der Waals surface area contributed by atoms with Crippen molar-refractivity contribution in [2.45, 2.75) is 19.4 Å². The average Bonchev–Trinajstić information content (AvgIpc) is 2.88. The van der Waals surface area contributed by atoms with Gasteiger partial charge in [0.05, 0.1) is 29.7 Å². The normalized spacial score (nSPS) is 12.6. The van der Waals surface area contributed by atoms with E-state index in [9.17, 15) is 8.78 Å². The van der Waals surface area contributed by atoms with Gasteiger partial charge in [-0.05, 0) is 31.2 Å². The molecule has 0 aliphatic carbocycles. The number of hydrogen-bond donors (Lipinski definition) is 1. The van der Waals surface area contributed by atoms with Crippen LogP contribution in [0.1, 0.15) is 30.6 Å². The Morgan fingerprint density at radius 3 is 2.89 bits per heavy atom. The number of halogens is 2. The summed E-state index contributed by atoms with van der Waals surface area (Å²) in [5, 5.41) is 3.15. The van der Waals surface area contributed by atoms with Crippen molar-refractivity contribution in [1.82, 2.24) is 14.1 Å². The molecule has 0 spiro atoms. The smallest absolute Gasteiger partial charge is 0.128 e. The van der Waals surface area contributed by atoms with E-state index in [1.165, 1.54) is 6.07 Å². The number of aromatic nitrogens is 2. The first-order valence-electron chi connectivity index (χ1n) is 5.68. The molecule has 0 fully saturated rings. The summed E-state index contributed by atoms with van der Waals surface area (Å²) in [5.41, 5.74) is 0.870. The van der Waals surface area contributed by atoms with Crippen molar-refractivity contribution in [1.29, 1.82) is 0 Å². The van der Waals surface area contributed by atoms with Gasteiger partial charge in [0, 0.05) is 5.56 Å². The van der Waals surface area contributed by atoms with Gasteiger partial charge in [0.2, 0.25) is 0 Å². The molecule has 1 N–H and O–H groups in total. The molecule has 0 saturated carbocycles. The maximum Gasteiger partial charge on any atom is 0.128 e. The minimum absolute atomic E-state index is 0.260. The third-order valence-electron chi connectivity index (χ3n) is 2.54. The first-order valence-corrected chi connectivity index (χ1v) is 6.41. The highest BCUT2D eigenvalue weighted by molar-refractivity contribution is 6.99. The van der Waals surface area contributed by atoms with Gasteiger partial charge in [-0.15, -0.1) is 0 Å². The highest BCUT2D eigenvalue weighted by Gasteiger charge is 2.20. The van der Waals surface area contributed by atoms with Gasteiger partial charge in [0.15, 0.2) is 0 Å². The quantitative estimate of drug-likeness (QED) is 0.907. The fraction of sp³-hybridized carbons (Fsp3) is 0.333. The standard InChI is InChI=1S/C12H13F2N3S/c1-2-5-15-12(11-7-16-18-17-11)9-6-8(13)3-4-10(9)14/h3-4,6-7,12,15H,2,5H2,1H3. The van der Waals surface area contributed by atoms with Crippen molar-refractivity contribution >= 4 is 11.7 Å². The Labute approximate surface area is 108 Å². The Bertz CT molecular complexity index is 502. The molecule has 3 nitrogen and oxygen atoms in total. The molecule has 0 amide bonds. The van der Waals surface area contributed by atoms with Crippen molar-refractivity contribution in [3.05, 3.63) is 47.3 Å². The fourth-order valence-electron chi connectivity index (χ4n) is 1.70. The van der Waals surface area contributed by atoms with Gasteiger partial charge in [-0.1, -0.05) is 6.92 Å². The van der Waals surface area contributed by atoms with Crippen molar-refractivity contribution in [2.24, 2.45) is 0 Å². The number of benzene rings is 1. The predicted molar refractivity (Wildman–Crippen MR) is 66.4 cm³/mol. The second-order valence-electron chi connectivity index (χ2n) is 3.89. The maximum absolute atomic E-state index is 13.8. The topological polar surface area (TPSA) is 37.8 Å². The summed E-state index contributed by atoms with van der Waals surface area (Å²) in [6.45, 7) is 2.70. The van der Waals surface area contributed by atoms with Crippen LogP contribution in [0.15, 0.2) is 24.4 Å². The molecule has 1 unspecified atom stereocenters. The van der Waals surface area contributed by atoms with E-state index in [1.807, 2.05) is 6.92 Å². The largest absolute Gasteiger partial charge is 0.305 e. The van der Waals surface area contributed by atoms with E-state index in [-0.39, 0.29) is 5.56 Å². The lowest BCUT2D eigenvalue weighted by atomic mass is 10.0. The lowest BCUT2D eigenvalue weighted by Crippen LogP contribution is -2.24. The zero-order valence-electron chi connectivity index (χ0n) is 9.86. The highest BCUT2D eigenvalue weighted by Crippen LogP contribution is 2.24. The molecule has 1 aromatic heterocycles. The van der Waals surface area contributed by atoms with Crippen LogP contribution in [0.5, 0.6) is 0 Å². The fourth-order valence-corrected chi connectivity index (χ4v) is 2.15. The molecule has 2 aromatic rings. The second-order valence-corrected chi connectivity index (χ2v) is 4.44. The van der Waals surface area contributed by atoms with Crippen LogP contribution < -0.4 is 5.32 Å². The van der Waals surface area contributed by atoms with Crippen LogP contribution in [-0.2, 0) is 0 Å². The number of nitrogens with one attached hydrogen (secondary N) is 1. The Morgan fingerprint density at radius 1 is 1.39 bits per heavy atom. The summed E-state index contributed by atoms with van der Waals surface area (Å²) in [4.78, 5) is 0. The molecule has 18 heavy (non-hydrogen) atoms. The van der Waals surface area contributed by atoms with Gasteiger partial charge in [-0.25, -0.2) is 8.78 Å². The molecule has 96 valence electrons. The molecular formula is C12H13F2N3S. The van der Waals surface area contributed by atoms with Crippen molar-refractivity contribution in [2.75, 3.05) is 6.54 Å². The van der Waals surface area contributed by atoms with Gasteiger partial charge >= 0.3 is 0 Å². The zero-order valence-corrected chi connectivity index (χ0v) is 10.7. The van der Waals surface area contributed by atoms with Crippen LogP contribution in [-0.4, -0.2) is 15.3 Å². The predicted octanol–water partition coefficient (Wildman–Crippen LogP) is 2.91. The third kappa shape index (κ3) is 2.88. The van der Waals surface area contributed by atoms with Crippen LogP contribution >= 0.6 is 11.7 Å². The zero-order chi connectivity index (χ0) is 13.0. The average molecular weight is 269 g/mol. The Kier molecular flexibility index (Phi) is 4.33. The number of hydrogen-bond acceptors (Lipinski definition) is 4. The van der Waals surface area contributed by atoms with Gasteiger partial charge in [0.1, 0.15) is 11.6 Å². The van der Waals surface area contributed by atoms with Crippen molar-refractivity contribution in [3.8, 4) is 0 Å². The summed E-state index contributed by atoms with van der Waals surface area (Å²) in [7, 11) is 0. The van der Waals surface area contributed by atoms with Crippen LogP contribution in [0.4, 0.5) is 8.78 Å². The van der Waals surface area contributed by atoms with E-state index in [0.717, 1.165) is 30.3 Å². The lowest BCUT2D eigenvalue weighted by Gasteiger charge is -2.17. The van der Waals surface area contributed by atoms with Crippen LogP contribution in [0.3, 0.4) is 0 Å². The Hall–Kier alpha value is -1.40. The first-order chi connectivity index (χ1) is 8.72. The van der Waals surface area contributed by atoms with E-state index >= 15 is 0 Å². The molecule has 1 heterocycles. The molecular weight excluding hydrogens is 256 g/mol. The molecule has 0 bridgehead atoms. The van der Waals surface area contributed by atoms with Gasteiger partial charge < -0.3 is 5.32 Å². The number of rotatable bonds is 5. The highest BCUT2D eigenvalue weighted by atomic mass is 32.1. The second kappa shape index (κ2) is 5.97. The summed E-state index contributed by atoms with van der Waals surface area (Å²) >= 11 is 1.05. The van der Waals surface area contributed by atoms with Crippen LogP contribution in [0.25, 0.3) is 0 Å². The SMILES string of the molecule is CCCNC(c1cnsn1)c1cc(F)ccc1F. The summed E-state index contributed by atoms with van der Waals surface area (Å²) in [5.74, 6) is -0.907. The summed E-state index contributed by atoms with van der Waals surface area (Å²) in [6.07, 6.45) is 2.47. The molecule has 0 radical (unpaired) electrons. The van der Waals surface area contributed by atoms with E-state index in [1.54, 1.807) is 6.20 Å². The Balaban J connectivity index is 2.36. The monoisotopic (exact) mass is 269 g/mol. The first kappa shape index (κ1) is 13.0. The van der Waals surface area contributed by atoms with Gasteiger partial charge in [-0.3, -0.25) is 0 Å². The summed E-state index contributed by atoms with van der Waals surface area (Å²) < 4.78 is 35.0. The van der Waals surface area contributed by atoms with Crippen molar-refractivity contribution in [3.63, 3.8) is 0 Å². The van der Waals surface area contributed by atoms with E-state index < -0.39 is 17.7 Å². The molecule has 0 aliphatic heterocycles.